The van der Waals surface area contributed by atoms with Crippen LogP contribution in [0, 0.1) is 0 Å². The maximum atomic E-state index is 11.7. The number of hydrogen-bond donors (Lipinski definition) is 0. The first-order valence-corrected chi connectivity index (χ1v) is 5.34. The Morgan fingerprint density at radius 2 is 1.73 bits per heavy atom. The summed E-state index contributed by atoms with van der Waals surface area (Å²) in [5.74, 6) is -0.941. The van der Waals surface area contributed by atoms with E-state index in [1.165, 1.54) is 11.1 Å². The third-order valence-corrected chi connectivity index (χ3v) is 2.17. The van der Waals surface area contributed by atoms with E-state index < -0.39 is 11.8 Å². The third-order valence-electron chi connectivity index (χ3n) is 2.17. The van der Waals surface area contributed by atoms with Crippen LogP contribution in [0.3, 0.4) is 0 Å². The predicted octanol–water partition coefficient (Wildman–Crippen LogP) is 1.24. The number of likely N-dealkylation sites (N-methyl/N-ethyl adjacent to an activating group) is 2. The van der Waals surface area contributed by atoms with Crippen molar-refractivity contribution >= 4 is 11.8 Å². The second kappa shape index (κ2) is 7.04. The minimum Gasteiger partial charge on any atom is -0.335 e. The van der Waals surface area contributed by atoms with Gasteiger partial charge in [0, 0.05) is 25.8 Å². The Morgan fingerprint density at radius 1 is 1.13 bits per heavy atom. The van der Waals surface area contributed by atoms with Crippen LogP contribution in [-0.4, -0.2) is 41.2 Å². The molecular formula is C11H20N2O2. The first kappa shape index (κ1) is 13.7. The summed E-state index contributed by atoms with van der Waals surface area (Å²) >= 11 is 0. The van der Waals surface area contributed by atoms with Crippen LogP contribution in [0.4, 0.5) is 0 Å². The van der Waals surface area contributed by atoms with Crippen LogP contribution in [0.5, 0.6) is 0 Å². The normalized spacial score (nSPS) is 9.53. The zero-order valence-corrected chi connectivity index (χ0v) is 9.82. The number of rotatable bonds is 5. The number of carbonyl (C=O) groups excluding carboxylic acids is 2. The van der Waals surface area contributed by atoms with E-state index in [-0.39, 0.29) is 0 Å². The molecule has 4 heteroatoms. The summed E-state index contributed by atoms with van der Waals surface area (Å²) in [4.78, 5) is 26.2. The SMILES string of the molecule is C=CN(CC)C(=O)C(=O)N(CC)CCC. The highest BCUT2D eigenvalue weighted by atomic mass is 16.2. The molecular weight excluding hydrogens is 192 g/mol. The summed E-state index contributed by atoms with van der Waals surface area (Å²) in [6, 6.07) is 0. The maximum absolute atomic E-state index is 11.7. The molecule has 0 aromatic heterocycles. The standard InChI is InChI=1S/C11H20N2O2/c1-5-9-13(8-4)11(15)10(14)12(6-2)7-3/h6H,2,5,7-9H2,1,3-4H3. The van der Waals surface area contributed by atoms with E-state index in [0.29, 0.717) is 19.6 Å². The van der Waals surface area contributed by atoms with Crippen molar-refractivity contribution in [1.82, 2.24) is 9.80 Å². The predicted molar refractivity (Wildman–Crippen MR) is 60.1 cm³/mol. The Labute approximate surface area is 91.5 Å². The van der Waals surface area contributed by atoms with E-state index in [1.807, 2.05) is 20.8 Å². The van der Waals surface area contributed by atoms with Crippen molar-refractivity contribution in [3.63, 3.8) is 0 Å². The Morgan fingerprint density at radius 3 is 2.07 bits per heavy atom. The molecule has 0 saturated carbocycles. The molecule has 0 bridgehead atoms. The summed E-state index contributed by atoms with van der Waals surface area (Å²) in [7, 11) is 0. The fraction of sp³-hybridized carbons (Fsp3) is 0.636. The van der Waals surface area contributed by atoms with E-state index in [0.717, 1.165) is 6.42 Å². The molecule has 0 spiro atoms. The van der Waals surface area contributed by atoms with Crippen LogP contribution in [0.15, 0.2) is 12.8 Å². The van der Waals surface area contributed by atoms with Crippen molar-refractivity contribution in [2.45, 2.75) is 27.2 Å². The largest absolute Gasteiger partial charge is 0.335 e. The number of hydrogen-bond acceptors (Lipinski definition) is 2. The van der Waals surface area contributed by atoms with Gasteiger partial charge in [-0.05, 0) is 20.3 Å². The molecule has 0 aliphatic carbocycles. The van der Waals surface area contributed by atoms with Crippen LogP contribution in [0.1, 0.15) is 27.2 Å². The molecule has 0 fully saturated rings. The Hall–Kier alpha value is -1.32. The van der Waals surface area contributed by atoms with Crippen molar-refractivity contribution in [3.05, 3.63) is 12.8 Å². The molecule has 0 N–H and O–H groups in total. The summed E-state index contributed by atoms with van der Waals surface area (Å²) in [6.45, 7) is 10.8. The van der Waals surface area contributed by atoms with Crippen LogP contribution >= 0.6 is 0 Å². The zero-order chi connectivity index (χ0) is 11.8. The molecule has 0 heterocycles. The highest BCUT2D eigenvalue weighted by molar-refractivity contribution is 6.35. The lowest BCUT2D eigenvalue weighted by Crippen LogP contribution is -2.43. The second-order valence-electron chi connectivity index (χ2n) is 3.16. The van der Waals surface area contributed by atoms with Gasteiger partial charge in [0.1, 0.15) is 0 Å². The fourth-order valence-corrected chi connectivity index (χ4v) is 1.29. The molecule has 0 aromatic carbocycles. The monoisotopic (exact) mass is 212 g/mol. The van der Waals surface area contributed by atoms with Gasteiger partial charge >= 0.3 is 11.8 Å². The van der Waals surface area contributed by atoms with Gasteiger partial charge in [-0.15, -0.1) is 0 Å². The minimum atomic E-state index is -0.497. The van der Waals surface area contributed by atoms with Gasteiger partial charge in [-0.25, -0.2) is 0 Å². The Bertz CT molecular complexity index is 239. The van der Waals surface area contributed by atoms with Crippen LogP contribution in [0.25, 0.3) is 0 Å². The van der Waals surface area contributed by atoms with Crippen molar-refractivity contribution in [2.24, 2.45) is 0 Å². The summed E-state index contributed by atoms with van der Waals surface area (Å²) < 4.78 is 0. The van der Waals surface area contributed by atoms with Gasteiger partial charge in [0.2, 0.25) is 0 Å². The average molecular weight is 212 g/mol. The van der Waals surface area contributed by atoms with Gasteiger partial charge in [-0.1, -0.05) is 13.5 Å². The zero-order valence-electron chi connectivity index (χ0n) is 9.82. The lowest BCUT2D eigenvalue weighted by atomic mass is 10.3. The van der Waals surface area contributed by atoms with E-state index >= 15 is 0 Å². The molecule has 0 aliphatic heterocycles. The number of nitrogens with zero attached hydrogens (tertiary/aromatic N) is 2. The van der Waals surface area contributed by atoms with Crippen LogP contribution < -0.4 is 0 Å². The Balaban J connectivity index is 4.52. The molecule has 15 heavy (non-hydrogen) atoms. The van der Waals surface area contributed by atoms with E-state index in [4.69, 9.17) is 0 Å². The van der Waals surface area contributed by atoms with E-state index in [1.54, 1.807) is 4.90 Å². The number of carbonyl (C=O) groups is 2. The topological polar surface area (TPSA) is 40.6 Å². The maximum Gasteiger partial charge on any atom is 0.316 e. The van der Waals surface area contributed by atoms with Gasteiger partial charge < -0.3 is 9.80 Å². The lowest BCUT2D eigenvalue weighted by molar-refractivity contribution is -0.150. The van der Waals surface area contributed by atoms with E-state index in [9.17, 15) is 9.59 Å². The van der Waals surface area contributed by atoms with Crippen molar-refractivity contribution in [2.75, 3.05) is 19.6 Å². The van der Waals surface area contributed by atoms with Gasteiger partial charge in [-0.3, -0.25) is 9.59 Å². The Kier molecular flexibility index (Phi) is 6.42. The fourth-order valence-electron chi connectivity index (χ4n) is 1.29. The first-order chi connectivity index (χ1) is 7.12. The van der Waals surface area contributed by atoms with E-state index in [2.05, 4.69) is 6.58 Å². The minimum absolute atomic E-state index is 0.443. The van der Waals surface area contributed by atoms with Crippen LogP contribution in [0.2, 0.25) is 0 Å². The van der Waals surface area contributed by atoms with Crippen LogP contribution in [-0.2, 0) is 9.59 Å². The quantitative estimate of drug-likeness (QED) is 0.643. The molecule has 2 amide bonds. The third kappa shape index (κ3) is 3.73. The molecule has 86 valence electrons. The molecule has 0 unspecified atom stereocenters. The van der Waals surface area contributed by atoms with Gasteiger partial charge in [0.15, 0.2) is 0 Å². The average Bonchev–Trinajstić information content (AvgIpc) is 2.26. The highest BCUT2D eigenvalue weighted by Crippen LogP contribution is 1.98. The summed E-state index contributed by atoms with van der Waals surface area (Å²) in [5.41, 5.74) is 0. The van der Waals surface area contributed by atoms with Gasteiger partial charge in [-0.2, -0.15) is 0 Å². The molecule has 0 aliphatic rings. The molecule has 0 atom stereocenters. The summed E-state index contributed by atoms with van der Waals surface area (Å²) in [5, 5.41) is 0. The van der Waals surface area contributed by atoms with Crippen molar-refractivity contribution in [3.8, 4) is 0 Å². The van der Waals surface area contributed by atoms with Gasteiger partial charge in [0.25, 0.3) is 0 Å². The molecule has 0 saturated heterocycles. The second-order valence-corrected chi connectivity index (χ2v) is 3.16. The highest BCUT2D eigenvalue weighted by Gasteiger charge is 2.23. The van der Waals surface area contributed by atoms with Crippen molar-refractivity contribution in [1.29, 1.82) is 0 Å². The molecule has 0 aromatic rings. The number of amides is 2. The molecule has 4 nitrogen and oxygen atoms in total. The molecule has 0 radical (unpaired) electrons. The molecule has 0 rings (SSSR count). The van der Waals surface area contributed by atoms with Crippen molar-refractivity contribution < 1.29 is 9.59 Å². The van der Waals surface area contributed by atoms with Gasteiger partial charge in [0.05, 0.1) is 0 Å². The lowest BCUT2D eigenvalue weighted by Gasteiger charge is -2.22. The summed E-state index contributed by atoms with van der Waals surface area (Å²) in [6.07, 6.45) is 2.24. The first-order valence-electron chi connectivity index (χ1n) is 5.34. The smallest absolute Gasteiger partial charge is 0.316 e.